The Labute approximate surface area is 97.6 Å². The molecular formula is C12H23N3O. The van der Waals surface area contributed by atoms with E-state index in [0.717, 1.165) is 45.2 Å². The molecule has 2 rings (SSSR count). The van der Waals surface area contributed by atoms with E-state index in [4.69, 9.17) is 5.73 Å². The molecule has 2 atom stereocenters. The molecule has 2 unspecified atom stereocenters. The van der Waals surface area contributed by atoms with Crippen LogP contribution in [-0.2, 0) is 4.79 Å². The van der Waals surface area contributed by atoms with Crippen molar-refractivity contribution in [3.8, 4) is 0 Å². The lowest BCUT2D eigenvalue weighted by Crippen LogP contribution is -2.45. The number of amides is 1. The van der Waals surface area contributed by atoms with Gasteiger partial charge in [0.15, 0.2) is 0 Å². The Balaban J connectivity index is 1.75. The summed E-state index contributed by atoms with van der Waals surface area (Å²) in [6.45, 7) is 2.18. The van der Waals surface area contributed by atoms with E-state index in [2.05, 4.69) is 17.3 Å². The van der Waals surface area contributed by atoms with Crippen molar-refractivity contribution in [3.05, 3.63) is 0 Å². The number of nitrogens with two attached hydrogens (primary N) is 1. The first-order chi connectivity index (χ1) is 7.65. The highest BCUT2D eigenvalue weighted by Crippen LogP contribution is 2.24. The fourth-order valence-corrected chi connectivity index (χ4v) is 2.73. The van der Waals surface area contributed by atoms with Crippen LogP contribution in [0.2, 0.25) is 0 Å². The lowest BCUT2D eigenvalue weighted by molar-refractivity contribution is -0.125. The highest BCUT2D eigenvalue weighted by Gasteiger charge is 2.29. The van der Waals surface area contributed by atoms with Gasteiger partial charge in [0.2, 0.25) is 5.91 Å². The third-order valence-electron chi connectivity index (χ3n) is 3.91. The molecule has 2 aliphatic rings. The fourth-order valence-electron chi connectivity index (χ4n) is 2.73. The van der Waals surface area contributed by atoms with Crippen LogP contribution >= 0.6 is 0 Å². The first kappa shape index (κ1) is 11.9. The smallest absolute Gasteiger partial charge is 0.223 e. The third-order valence-corrected chi connectivity index (χ3v) is 3.91. The Kier molecular flexibility index (Phi) is 3.82. The summed E-state index contributed by atoms with van der Waals surface area (Å²) < 4.78 is 0. The van der Waals surface area contributed by atoms with Crippen molar-refractivity contribution >= 4 is 5.91 Å². The van der Waals surface area contributed by atoms with Crippen LogP contribution in [0.15, 0.2) is 0 Å². The van der Waals surface area contributed by atoms with Gasteiger partial charge in [-0.2, -0.15) is 0 Å². The largest absolute Gasteiger partial charge is 0.353 e. The second-order valence-electron chi connectivity index (χ2n) is 5.36. The van der Waals surface area contributed by atoms with Crippen molar-refractivity contribution in [2.75, 3.05) is 20.1 Å². The molecule has 1 saturated heterocycles. The second kappa shape index (κ2) is 5.15. The van der Waals surface area contributed by atoms with Gasteiger partial charge < -0.3 is 16.0 Å². The quantitative estimate of drug-likeness (QED) is 0.712. The number of nitrogens with zero attached hydrogens (tertiary/aromatic N) is 1. The average Bonchev–Trinajstić information content (AvgIpc) is 2.68. The summed E-state index contributed by atoms with van der Waals surface area (Å²) in [7, 11) is 2.13. The van der Waals surface area contributed by atoms with Crippen LogP contribution in [0, 0.1) is 5.92 Å². The van der Waals surface area contributed by atoms with Crippen LogP contribution in [-0.4, -0.2) is 43.0 Å². The minimum absolute atomic E-state index is 0.176. The van der Waals surface area contributed by atoms with Crippen LogP contribution in [0.5, 0.6) is 0 Å². The van der Waals surface area contributed by atoms with Gasteiger partial charge in [-0.25, -0.2) is 0 Å². The number of likely N-dealkylation sites (tertiary alicyclic amines) is 1. The van der Waals surface area contributed by atoms with Gasteiger partial charge in [0.05, 0.1) is 0 Å². The molecule has 0 aromatic rings. The molecule has 0 bridgehead atoms. The molecule has 0 spiro atoms. The van der Waals surface area contributed by atoms with Crippen molar-refractivity contribution in [1.29, 1.82) is 0 Å². The molecule has 0 radical (unpaired) electrons. The number of piperidine rings is 1. The standard InChI is InChI=1S/C12H23N3O/c1-15-6-4-11(5-7-15)14-12(16)9-2-3-10(13)8-9/h9-11H,2-8,13H2,1H3,(H,14,16). The zero-order chi connectivity index (χ0) is 11.5. The van der Waals surface area contributed by atoms with E-state index in [1.807, 2.05) is 0 Å². The number of nitrogens with one attached hydrogen (secondary N) is 1. The molecular weight excluding hydrogens is 202 g/mol. The molecule has 92 valence electrons. The third kappa shape index (κ3) is 2.95. The van der Waals surface area contributed by atoms with E-state index in [1.54, 1.807) is 0 Å². The summed E-state index contributed by atoms with van der Waals surface area (Å²) in [6.07, 6.45) is 5.02. The van der Waals surface area contributed by atoms with E-state index < -0.39 is 0 Å². The van der Waals surface area contributed by atoms with Gasteiger partial charge in [0.1, 0.15) is 0 Å². The molecule has 1 saturated carbocycles. The van der Waals surface area contributed by atoms with Crippen LogP contribution in [0.4, 0.5) is 0 Å². The minimum atomic E-state index is 0.176. The normalized spacial score (nSPS) is 32.9. The molecule has 1 amide bonds. The van der Waals surface area contributed by atoms with Gasteiger partial charge in [0.25, 0.3) is 0 Å². The molecule has 3 N–H and O–H groups in total. The van der Waals surface area contributed by atoms with E-state index in [1.165, 1.54) is 0 Å². The molecule has 1 aliphatic heterocycles. The van der Waals surface area contributed by atoms with E-state index >= 15 is 0 Å². The van der Waals surface area contributed by atoms with Gasteiger partial charge in [-0.1, -0.05) is 0 Å². The first-order valence-corrected chi connectivity index (χ1v) is 6.39. The van der Waals surface area contributed by atoms with Gasteiger partial charge in [0, 0.05) is 18.0 Å². The van der Waals surface area contributed by atoms with Crippen molar-refractivity contribution in [2.45, 2.75) is 44.2 Å². The highest BCUT2D eigenvalue weighted by atomic mass is 16.1. The first-order valence-electron chi connectivity index (χ1n) is 6.39. The lowest BCUT2D eigenvalue weighted by atomic mass is 10.0. The molecule has 0 aromatic heterocycles. The Hall–Kier alpha value is -0.610. The lowest BCUT2D eigenvalue weighted by Gasteiger charge is -2.30. The van der Waals surface area contributed by atoms with Crippen LogP contribution < -0.4 is 11.1 Å². The molecule has 4 nitrogen and oxygen atoms in total. The number of rotatable bonds is 2. The van der Waals surface area contributed by atoms with Crippen molar-refractivity contribution in [2.24, 2.45) is 11.7 Å². The number of hydrogen-bond donors (Lipinski definition) is 2. The van der Waals surface area contributed by atoms with Gasteiger partial charge in [-0.05, 0) is 52.2 Å². The monoisotopic (exact) mass is 225 g/mol. The second-order valence-corrected chi connectivity index (χ2v) is 5.36. The van der Waals surface area contributed by atoms with Crippen molar-refractivity contribution in [1.82, 2.24) is 10.2 Å². The number of hydrogen-bond acceptors (Lipinski definition) is 3. The maximum absolute atomic E-state index is 12.0. The highest BCUT2D eigenvalue weighted by molar-refractivity contribution is 5.79. The summed E-state index contributed by atoms with van der Waals surface area (Å²) in [6, 6.07) is 0.633. The van der Waals surface area contributed by atoms with Gasteiger partial charge in [-0.3, -0.25) is 4.79 Å². The SMILES string of the molecule is CN1CCC(NC(=O)C2CCC(N)C2)CC1. The fraction of sp³-hybridized carbons (Fsp3) is 0.917. The van der Waals surface area contributed by atoms with E-state index in [-0.39, 0.29) is 17.9 Å². The van der Waals surface area contributed by atoms with Crippen LogP contribution in [0.3, 0.4) is 0 Å². The van der Waals surface area contributed by atoms with Gasteiger partial charge >= 0.3 is 0 Å². The van der Waals surface area contributed by atoms with E-state index in [9.17, 15) is 4.79 Å². The molecule has 2 fully saturated rings. The maximum Gasteiger partial charge on any atom is 0.223 e. The van der Waals surface area contributed by atoms with Crippen molar-refractivity contribution in [3.63, 3.8) is 0 Å². The molecule has 1 aliphatic carbocycles. The summed E-state index contributed by atoms with van der Waals surface area (Å²) in [5.74, 6) is 0.414. The summed E-state index contributed by atoms with van der Waals surface area (Å²) in [5.41, 5.74) is 5.83. The van der Waals surface area contributed by atoms with E-state index in [0.29, 0.717) is 6.04 Å². The Morgan fingerprint density at radius 1 is 1.25 bits per heavy atom. The van der Waals surface area contributed by atoms with Crippen LogP contribution in [0.25, 0.3) is 0 Å². The van der Waals surface area contributed by atoms with Gasteiger partial charge in [-0.15, -0.1) is 0 Å². The summed E-state index contributed by atoms with van der Waals surface area (Å²) in [4.78, 5) is 14.3. The van der Waals surface area contributed by atoms with Crippen molar-refractivity contribution < 1.29 is 4.79 Å². The predicted molar refractivity (Wildman–Crippen MR) is 64.0 cm³/mol. The zero-order valence-corrected chi connectivity index (χ0v) is 10.1. The molecule has 1 heterocycles. The summed E-state index contributed by atoms with van der Waals surface area (Å²) >= 11 is 0. The average molecular weight is 225 g/mol. The minimum Gasteiger partial charge on any atom is -0.353 e. The molecule has 4 heteroatoms. The molecule has 16 heavy (non-hydrogen) atoms. The Bertz CT molecular complexity index is 249. The Morgan fingerprint density at radius 2 is 1.94 bits per heavy atom. The van der Waals surface area contributed by atoms with Crippen LogP contribution in [0.1, 0.15) is 32.1 Å². The Morgan fingerprint density at radius 3 is 2.50 bits per heavy atom. The predicted octanol–water partition coefficient (Wildman–Crippen LogP) is 0.324. The number of carbonyl (C=O) groups excluding carboxylic acids is 1. The maximum atomic E-state index is 12.0. The molecule has 0 aromatic carbocycles. The topological polar surface area (TPSA) is 58.4 Å². The summed E-state index contributed by atoms with van der Waals surface area (Å²) in [5, 5.41) is 3.18. The zero-order valence-electron chi connectivity index (χ0n) is 10.1. The number of carbonyl (C=O) groups is 1.